The highest BCUT2D eigenvalue weighted by Crippen LogP contribution is 2.23. The highest BCUT2D eigenvalue weighted by Gasteiger charge is 2.21. The molecule has 1 fully saturated rings. The second-order valence-electron chi connectivity index (χ2n) is 6.29. The molecule has 2 heterocycles. The van der Waals surface area contributed by atoms with Gasteiger partial charge in [-0.25, -0.2) is 4.98 Å². The Balaban J connectivity index is 2.08. The molecule has 0 atom stereocenters. The molecule has 2 rings (SSSR count). The zero-order valence-corrected chi connectivity index (χ0v) is 15.2. The Kier molecular flexibility index (Phi) is 6.02. The van der Waals surface area contributed by atoms with E-state index >= 15 is 0 Å². The lowest BCUT2D eigenvalue weighted by Gasteiger charge is -2.38. The third-order valence-corrected chi connectivity index (χ3v) is 4.39. The van der Waals surface area contributed by atoms with Crippen LogP contribution in [0.4, 0.5) is 5.82 Å². The number of anilines is 1. The first-order chi connectivity index (χ1) is 9.97. The van der Waals surface area contributed by atoms with Crippen LogP contribution in [0.25, 0.3) is 0 Å². The fourth-order valence-corrected chi connectivity index (χ4v) is 3.03. The molecule has 118 valence electrons. The van der Waals surface area contributed by atoms with Crippen molar-refractivity contribution in [1.29, 1.82) is 0 Å². The van der Waals surface area contributed by atoms with E-state index in [9.17, 15) is 0 Å². The van der Waals surface area contributed by atoms with E-state index in [0.717, 1.165) is 43.0 Å². The van der Waals surface area contributed by atoms with Crippen molar-refractivity contribution in [3.63, 3.8) is 0 Å². The van der Waals surface area contributed by atoms with E-state index in [1.54, 1.807) is 0 Å². The maximum absolute atomic E-state index is 4.67. The van der Waals surface area contributed by atoms with Gasteiger partial charge in [0.25, 0.3) is 0 Å². The molecular formula is C16H27BrN4. The van der Waals surface area contributed by atoms with Crippen molar-refractivity contribution >= 4 is 21.7 Å². The Morgan fingerprint density at radius 1 is 1.19 bits per heavy atom. The first-order valence-corrected chi connectivity index (χ1v) is 8.63. The first kappa shape index (κ1) is 16.7. The van der Waals surface area contributed by atoms with Crippen molar-refractivity contribution in [2.24, 2.45) is 0 Å². The van der Waals surface area contributed by atoms with E-state index in [1.807, 2.05) is 6.20 Å². The molecule has 0 bridgehead atoms. The molecule has 0 radical (unpaired) electrons. The molecule has 1 aromatic rings. The second kappa shape index (κ2) is 7.56. The summed E-state index contributed by atoms with van der Waals surface area (Å²) in [5, 5.41) is 3.50. The Morgan fingerprint density at radius 3 is 2.43 bits per heavy atom. The summed E-state index contributed by atoms with van der Waals surface area (Å²) < 4.78 is 1.05. The van der Waals surface area contributed by atoms with E-state index in [1.165, 1.54) is 5.56 Å². The maximum atomic E-state index is 4.67. The summed E-state index contributed by atoms with van der Waals surface area (Å²) in [6, 6.07) is 3.30. The molecule has 0 aliphatic carbocycles. The molecule has 1 saturated heterocycles. The molecular weight excluding hydrogens is 328 g/mol. The van der Waals surface area contributed by atoms with Crippen LogP contribution in [-0.4, -0.2) is 48.1 Å². The molecule has 5 heteroatoms. The van der Waals surface area contributed by atoms with Crippen molar-refractivity contribution in [1.82, 2.24) is 15.2 Å². The first-order valence-electron chi connectivity index (χ1n) is 7.84. The lowest BCUT2D eigenvalue weighted by Crippen LogP contribution is -2.49. The Bertz CT molecular complexity index is 454. The van der Waals surface area contributed by atoms with Gasteiger partial charge < -0.3 is 10.2 Å². The summed E-state index contributed by atoms with van der Waals surface area (Å²) in [4.78, 5) is 9.62. The number of aromatic nitrogens is 1. The van der Waals surface area contributed by atoms with E-state index in [0.29, 0.717) is 12.1 Å². The van der Waals surface area contributed by atoms with E-state index in [2.05, 4.69) is 69.8 Å². The van der Waals surface area contributed by atoms with Gasteiger partial charge in [-0.15, -0.1) is 0 Å². The average Bonchev–Trinajstić information content (AvgIpc) is 2.45. The predicted molar refractivity (Wildman–Crippen MR) is 92.8 cm³/mol. The minimum absolute atomic E-state index is 0.481. The minimum Gasteiger partial charge on any atom is -0.354 e. The summed E-state index contributed by atoms with van der Waals surface area (Å²) in [5.41, 5.74) is 1.27. The van der Waals surface area contributed by atoms with Crippen LogP contribution in [0.1, 0.15) is 33.3 Å². The van der Waals surface area contributed by atoms with Crippen LogP contribution in [0.15, 0.2) is 16.7 Å². The summed E-state index contributed by atoms with van der Waals surface area (Å²) in [5.74, 6) is 1.13. The van der Waals surface area contributed by atoms with Gasteiger partial charge in [-0.2, -0.15) is 0 Å². The molecule has 1 aliphatic rings. The predicted octanol–water partition coefficient (Wildman–Crippen LogP) is 2.87. The Hall–Kier alpha value is -0.650. The highest BCUT2D eigenvalue weighted by atomic mass is 79.9. The third kappa shape index (κ3) is 4.66. The molecule has 1 N–H and O–H groups in total. The number of nitrogens with zero attached hydrogens (tertiary/aromatic N) is 3. The molecule has 0 aromatic carbocycles. The van der Waals surface area contributed by atoms with E-state index < -0.39 is 0 Å². The molecule has 0 saturated carbocycles. The average molecular weight is 355 g/mol. The van der Waals surface area contributed by atoms with Gasteiger partial charge in [0.05, 0.1) is 0 Å². The van der Waals surface area contributed by atoms with Crippen LogP contribution in [-0.2, 0) is 6.54 Å². The number of hydrogen-bond acceptors (Lipinski definition) is 4. The van der Waals surface area contributed by atoms with Crippen molar-refractivity contribution in [2.45, 2.75) is 46.3 Å². The lowest BCUT2D eigenvalue weighted by molar-refractivity contribution is 0.209. The minimum atomic E-state index is 0.481. The van der Waals surface area contributed by atoms with Crippen LogP contribution in [0.5, 0.6) is 0 Å². The topological polar surface area (TPSA) is 31.4 Å². The van der Waals surface area contributed by atoms with Gasteiger partial charge in [-0.1, -0.05) is 13.8 Å². The van der Waals surface area contributed by atoms with Gasteiger partial charge >= 0.3 is 0 Å². The van der Waals surface area contributed by atoms with Crippen LogP contribution < -0.4 is 10.2 Å². The monoisotopic (exact) mass is 354 g/mol. The highest BCUT2D eigenvalue weighted by molar-refractivity contribution is 9.10. The quantitative estimate of drug-likeness (QED) is 0.880. The molecule has 0 spiro atoms. The van der Waals surface area contributed by atoms with Gasteiger partial charge in [-0.3, -0.25) is 4.90 Å². The number of nitrogens with one attached hydrogen (secondary N) is 1. The summed E-state index contributed by atoms with van der Waals surface area (Å²) in [7, 11) is 0. The number of hydrogen-bond donors (Lipinski definition) is 1. The zero-order valence-electron chi connectivity index (χ0n) is 13.6. The Morgan fingerprint density at radius 2 is 1.86 bits per heavy atom. The van der Waals surface area contributed by atoms with E-state index in [-0.39, 0.29) is 0 Å². The zero-order chi connectivity index (χ0) is 15.4. The molecule has 21 heavy (non-hydrogen) atoms. The number of halogens is 1. The van der Waals surface area contributed by atoms with Crippen molar-refractivity contribution in [2.75, 3.05) is 31.1 Å². The van der Waals surface area contributed by atoms with E-state index in [4.69, 9.17) is 0 Å². The smallest absolute Gasteiger partial charge is 0.133 e. The molecule has 0 amide bonds. The van der Waals surface area contributed by atoms with Gasteiger partial charge in [0.2, 0.25) is 0 Å². The van der Waals surface area contributed by atoms with Crippen LogP contribution in [0.3, 0.4) is 0 Å². The van der Waals surface area contributed by atoms with Crippen molar-refractivity contribution in [3.8, 4) is 0 Å². The van der Waals surface area contributed by atoms with Gasteiger partial charge in [-0.05, 0) is 35.8 Å². The second-order valence-corrected chi connectivity index (χ2v) is 7.20. The normalized spacial score (nSPS) is 17.0. The fourth-order valence-electron chi connectivity index (χ4n) is 2.65. The fraction of sp³-hybridized carbons (Fsp3) is 0.688. The summed E-state index contributed by atoms with van der Waals surface area (Å²) in [6.45, 7) is 14.1. The molecule has 1 aliphatic heterocycles. The summed E-state index contributed by atoms with van der Waals surface area (Å²) >= 11 is 3.54. The van der Waals surface area contributed by atoms with Crippen molar-refractivity contribution in [3.05, 3.63) is 22.3 Å². The third-order valence-electron chi connectivity index (χ3n) is 3.95. The standard InChI is InChI=1S/C16H27BrN4/c1-12(2)18-10-14-9-15(17)11-19-16(14)21-7-5-20(6-8-21)13(3)4/h9,11-13,18H,5-8,10H2,1-4H3. The molecule has 0 unspecified atom stereocenters. The summed E-state index contributed by atoms with van der Waals surface area (Å²) in [6.07, 6.45) is 1.91. The number of rotatable bonds is 5. The van der Waals surface area contributed by atoms with Crippen LogP contribution in [0.2, 0.25) is 0 Å². The SMILES string of the molecule is CC(C)NCc1cc(Br)cnc1N1CCN(C(C)C)CC1. The Labute approximate surface area is 137 Å². The number of piperazine rings is 1. The van der Waals surface area contributed by atoms with Crippen LogP contribution >= 0.6 is 15.9 Å². The largest absolute Gasteiger partial charge is 0.354 e. The molecule has 4 nitrogen and oxygen atoms in total. The van der Waals surface area contributed by atoms with Gasteiger partial charge in [0, 0.05) is 61.0 Å². The van der Waals surface area contributed by atoms with Crippen LogP contribution in [0, 0.1) is 0 Å². The maximum Gasteiger partial charge on any atom is 0.133 e. The number of pyridine rings is 1. The van der Waals surface area contributed by atoms with Crippen molar-refractivity contribution < 1.29 is 0 Å². The van der Waals surface area contributed by atoms with Gasteiger partial charge in [0.1, 0.15) is 5.82 Å². The molecule has 1 aromatic heterocycles. The van der Waals surface area contributed by atoms with Gasteiger partial charge in [0.15, 0.2) is 0 Å². The lowest BCUT2D eigenvalue weighted by atomic mass is 10.2.